The van der Waals surface area contributed by atoms with E-state index < -0.39 is 84.3 Å². The number of carbonyl (C=O) groups is 3. The number of nitrogens with zero attached hydrogens (tertiary/aromatic N) is 2. The third-order valence-electron chi connectivity index (χ3n) is 8.16. The van der Waals surface area contributed by atoms with Gasteiger partial charge in [-0.25, -0.2) is 4.99 Å². The molecular formula is C31H31F6N3O4. The summed E-state index contributed by atoms with van der Waals surface area (Å²) >= 11 is 0. The maximum absolute atomic E-state index is 14.3. The Bertz CT molecular complexity index is 1500. The van der Waals surface area contributed by atoms with Crippen molar-refractivity contribution in [3.63, 3.8) is 0 Å². The number of hydrogen-bond acceptors (Lipinski definition) is 5. The van der Waals surface area contributed by atoms with Crippen LogP contribution in [0.1, 0.15) is 57.6 Å². The van der Waals surface area contributed by atoms with E-state index in [1.807, 2.05) is 0 Å². The highest BCUT2D eigenvalue weighted by atomic mass is 19.4. The lowest BCUT2D eigenvalue weighted by Crippen LogP contribution is -2.44. The van der Waals surface area contributed by atoms with Crippen LogP contribution in [-0.2, 0) is 19.1 Å². The standard InChI is InChI=1S/C31H31F6N3O4/c1-27(2,3)44-24(41)21(13-14-30(32,33)34)28(15-19(28)16-31(35,36)37)26(43)40-17-29(40)25(42)38-22-12-8-7-11-20(22)23(39-29)18-9-5-4-6-10-18/h4-12,19,21H,13-17H2,1-3H3,(H,38,42)/t19-,21+,28?,29?,40?/m0/s1. The Kier molecular flexibility index (Phi) is 7.61. The minimum absolute atomic E-state index is 0.331. The number of hydrogen-bond donors (Lipinski definition) is 1. The summed E-state index contributed by atoms with van der Waals surface area (Å²) in [6, 6.07) is 15.5. The number of halogens is 6. The minimum Gasteiger partial charge on any atom is -0.460 e. The summed E-state index contributed by atoms with van der Waals surface area (Å²) in [5, 5.41) is 2.74. The van der Waals surface area contributed by atoms with E-state index in [1.54, 1.807) is 54.6 Å². The summed E-state index contributed by atoms with van der Waals surface area (Å²) in [6.07, 6.45) is -13.9. The third kappa shape index (κ3) is 6.18. The van der Waals surface area contributed by atoms with Crippen LogP contribution in [0.15, 0.2) is 59.6 Å². The lowest BCUT2D eigenvalue weighted by Gasteiger charge is -2.30. The Morgan fingerprint density at radius 3 is 2.25 bits per heavy atom. The number of rotatable bonds is 7. The highest BCUT2D eigenvalue weighted by Gasteiger charge is 2.74. The Balaban J connectivity index is 1.57. The first-order valence-electron chi connectivity index (χ1n) is 14.1. The Hall–Kier alpha value is -3.90. The van der Waals surface area contributed by atoms with E-state index in [1.165, 1.54) is 20.8 Å². The van der Waals surface area contributed by atoms with Crippen LogP contribution in [0.25, 0.3) is 0 Å². The second kappa shape index (κ2) is 10.6. The van der Waals surface area contributed by atoms with E-state index in [0.29, 0.717) is 22.5 Å². The van der Waals surface area contributed by atoms with Crippen molar-refractivity contribution in [2.45, 2.75) is 70.1 Å². The fourth-order valence-corrected chi connectivity index (χ4v) is 6.09. The van der Waals surface area contributed by atoms with E-state index >= 15 is 0 Å². The van der Waals surface area contributed by atoms with E-state index in [-0.39, 0.29) is 6.54 Å². The van der Waals surface area contributed by atoms with E-state index in [4.69, 9.17) is 9.73 Å². The summed E-state index contributed by atoms with van der Waals surface area (Å²) in [6.45, 7) is 4.07. The number of fused-ring (bicyclic) bond motifs is 1. The molecule has 0 bridgehead atoms. The van der Waals surface area contributed by atoms with Crippen LogP contribution < -0.4 is 5.32 Å². The molecular weight excluding hydrogens is 592 g/mol. The summed E-state index contributed by atoms with van der Waals surface area (Å²) < 4.78 is 86.4. The number of anilines is 1. The van der Waals surface area contributed by atoms with Crippen molar-refractivity contribution < 1.29 is 45.5 Å². The van der Waals surface area contributed by atoms with Crippen molar-refractivity contribution in [1.82, 2.24) is 4.90 Å². The summed E-state index contributed by atoms with van der Waals surface area (Å²) in [5.74, 6) is -6.26. The summed E-state index contributed by atoms with van der Waals surface area (Å²) in [5.41, 5.74) is -3.35. The minimum atomic E-state index is -4.76. The molecule has 0 aromatic heterocycles. The number of ether oxygens (including phenoxy) is 1. The van der Waals surface area contributed by atoms with Gasteiger partial charge in [-0.2, -0.15) is 26.3 Å². The molecule has 5 rings (SSSR count). The van der Waals surface area contributed by atoms with E-state index in [2.05, 4.69) is 5.32 Å². The highest BCUT2D eigenvalue weighted by molar-refractivity contribution is 6.21. The van der Waals surface area contributed by atoms with Gasteiger partial charge in [-0.05, 0) is 45.6 Å². The number of amides is 2. The first kappa shape index (κ1) is 31.5. The van der Waals surface area contributed by atoms with Crippen molar-refractivity contribution in [2.75, 3.05) is 11.9 Å². The predicted molar refractivity (Wildman–Crippen MR) is 147 cm³/mol. The molecule has 4 atom stereocenters. The Labute approximate surface area is 249 Å². The second-order valence-corrected chi connectivity index (χ2v) is 12.5. The van der Waals surface area contributed by atoms with Gasteiger partial charge in [-0.15, -0.1) is 0 Å². The lowest BCUT2D eigenvalue weighted by atomic mass is 9.81. The highest BCUT2D eigenvalue weighted by Crippen LogP contribution is 2.65. The maximum Gasteiger partial charge on any atom is 0.389 e. The normalized spacial score (nSPS) is 25.4. The molecule has 1 N–H and O–H groups in total. The van der Waals surface area contributed by atoms with Gasteiger partial charge in [0, 0.05) is 24.0 Å². The number of alkyl halides is 6. The first-order chi connectivity index (χ1) is 20.4. The first-order valence-corrected chi connectivity index (χ1v) is 14.1. The molecule has 3 aliphatic rings. The van der Waals surface area contributed by atoms with Crippen LogP contribution in [-0.4, -0.2) is 58.6 Å². The van der Waals surface area contributed by atoms with Gasteiger partial charge in [0.2, 0.25) is 11.6 Å². The van der Waals surface area contributed by atoms with Crippen molar-refractivity contribution in [3.8, 4) is 0 Å². The van der Waals surface area contributed by atoms with Crippen LogP contribution in [0.5, 0.6) is 0 Å². The van der Waals surface area contributed by atoms with Crippen molar-refractivity contribution in [3.05, 3.63) is 65.7 Å². The van der Waals surface area contributed by atoms with Crippen molar-refractivity contribution in [2.24, 2.45) is 22.2 Å². The Morgan fingerprint density at radius 2 is 1.64 bits per heavy atom. The smallest absolute Gasteiger partial charge is 0.389 e. The lowest BCUT2D eigenvalue weighted by molar-refractivity contribution is -0.173. The fourth-order valence-electron chi connectivity index (χ4n) is 6.09. The molecule has 1 saturated carbocycles. The van der Waals surface area contributed by atoms with Gasteiger partial charge < -0.3 is 15.0 Å². The number of aliphatic imine (C=N–C) groups is 1. The van der Waals surface area contributed by atoms with Gasteiger partial charge in [-0.1, -0.05) is 48.5 Å². The zero-order valence-electron chi connectivity index (χ0n) is 24.2. The van der Waals surface area contributed by atoms with Crippen LogP contribution in [0.2, 0.25) is 0 Å². The average Bonchev–Trinajstić information content (AvgIpc) is 3.81. The monoisotopic (exact) mass is 623 g/mol. The molecule has 13 heteroatoms. The van der Waals surface area contributed by atoms with Crippen LogP contribution in [0, 0.1) is 17.3 Å². The molecule has 44 heavy (non-hydrogen) atoms. The molecule has 0 radical (unpaired) electrons. The molecule has 2 aliphatic heterocycles. The summed E-state index contributed by atoms with van der Waals surface area (Å²) in [4.78, 5) is 46.9. The van der Waals surface area contributed by atoms with E-state index in [9.17, 15) is 40.7 Å². The van der Waals surface area contributed by atoms with Crippen LogP contribution in [0.4, 0.5) is 32.0 Å². The molecule has 2 aromatic rings. The number of benzene rings is 2. The van der Waals surface area contributed by atoms with Gasteiger partial charge in [0.25, 0.3) is 5.91 Å². The molecule has 2 unspecified atom stereocenters. The molecule has 1 spiro atoms. The predicted octanol–water partition coefficient (Wildman–Crippen LogP) is 6.27. The topological polar surface area (TPSA) is 87.8 Å². The molecule has 2 fully saturated rings. The van der Waals surface area contributed by atoms with Gasteiger partial charge in [-0.3, -0.25) is 14.4 Å². The quantitative estimate of drug-likeness (QED) is 0.224. The molecule has 2 amide bonds. The third-order valence-corrected chi connectivity index (χ3v) is 8.16. The van der Waals surface area contributed by atoms with E-state index in [0.717, 1.165) is 4.90 Å². The van der Waals surface area contributed by atoms with Gasteiger partial charge in [0.1, 0.15) is 5.60 Å². The zero-order chi connectivity index (χ0) is 32.3. The molecule has 2 aromatic carbocycles. The molecule has 7 nitrogen and oxygen atoms in total. The second-order valence-electron chi connectivity index (χ2n) is 12.5. The van der Waals surface area contributed by atoms with Gasteiger partial charge in [0.15, 0.2) is 0 Å². The summed E-state index contributed by atoms with van der Waals surface area (Å²) in [7, 11) is 0. The maximum atomic E-state index is 14.3. The van der Waals surface area contributed by atoms with Gasteiger partial charge in [0.05, 0.1) is 29.3 Å². The molecule has 1 saturated heterocycles. The molecule has 236 valence electrons. The van der Waals surface area contributed by atoms with Crippen LogP contribution >= 0.6 is 0 Å². The van der Waals surface area contributed by atoms with Crippen molar-refractivity contribution in [1.29, 1.82) is 0 Å². The van der Waals surface area contributed by atoms with Crippen LogP contribution in [0.3, 0.4) is 0 Å². The fraction of sp³-hybridized carbons (Fsp3) is 0.484. The SMILES string of the molecule is CC(C)(C)OC(=O)[C@@H](CCC(F)(F)F)C1(C(=O)N2CC23N=C(c2ccccc2)c2ccccc2NC3=O)C[C@H]1CC(F)(F)F. The Morgan fingerprint density at radius 1 is 1.00 bits per heavy atom. The van der Waals surface area contributed by atoms with Crippen molar-refractivity contribution >= 4 is 29.2 Å². The average molecular weight is 624 g/mol. The zero-order valence-corrected chi connectivity index (χ0v) is 24.2. The number of nitrogens with one attached hydrogen (secondary N) is 1. The number of esters is 1. The number of carbonyl (C=O) groups excluding carboxylic acids is 3. The largest absolute Gasteiger partial charge is 0.460 e. The molecule has 2 heterocycles. The number of para-hydroxylation sites is 1. The van der Waals surface area contributed by atoms with Gasteiger partial charge >= 0.3 is 18.3 Å². The molecule has 1 aliphatic carbocycles.